The number of fused-ring (bicyclic) bond motifs is 2. The predicted octanol–water partition coefficient (Wildman–Crippen LogP) is 3.12. The maximum absolute atomic E-state index is 9.78. The summed E-state index contributed by atoms with van der Waals surface area (Å²) < 4.78 is 0. The van der Waals surface area contributed by atoms with Gasteiger partial charge in [-0.2, -0.15) is 0 Å². The molecule has 1 heterocycles. The van der Waals surface area contributed by atoms with Crippen molar-refractivity contribution in [1.82, 2.24) is 0 Å². The van der Waals surface area contributed by atoms with Gasteiger partial charge in [0, 0.05) is 18.3 Å². The second-order valence-corrected chi connectivity index (χ2v) is 5.50. The number of aliphatic hydroxyl groups excluding tert-OH is 1. The molecule has 2 nitrogen and oxygen atoms in total. The highest BCUT2D eigenvalue weighted by Crippen LogP contribution is 2.40. The molecule has 2 bridgehead atoms. The summed E-state index contributed by atoms with van der Waals surface area (Å²) in [6, 6.07) is 9.29. The lowest BCUT2D eigenvalue weighted by Gasteiger charge is -2.29. The number of aliphatic hydroxyl groups is 1. The van der Waals surface area contributed by atoms with Gasteiger partial charge in [0.05, 0.1) is 6.10 Å². The highest BCUT2D eigenvalue weighted by molar-refractivity contribution is 5.50. The summed E-state index contributed by atoms with van der Waals surface area (Å²) in [4.78, 5) is 2.55. The minimum absolute atomic E-state index is 0.306. The highest BCUT2D eigenvalue weighted by atomic mass is 16.3. The monoisotopic (exact) mass is 231 g/mol. The molecule has 1 saturated carbocycles. The van der Waals surface area contributed by atoms with Crippen molar-refractivity contribution in [2.75, 3.05) is 11.4 Å². The standard InChI is InChI=1S/C15H21NO/c1-2-15(17)12-4-7-13(8-5-12)16-10-11-3-6-14(16)9-11/h4-5,7-8,11,14-15,17H,2-3,6,9-10H2,1H3. The fourth-order valence-corrected chi connectivity index (χ4v) is 3.36. The first-order valence-electron chi connectivity index (χ1n) is 6.82. The van der Waals surface area contributed by atoms with Crippen molar-refractivity contribution in [3.63, 3.8) is 0 Å². The quantitative estimate of drug-likeness (QED) is 0.864. The van der Waals surface area contributed by atoms with E-state index in [9.17, 15) is 5.11 Å². The lowest BCUT2D eigenvalue weighted by molar-refractivity contribution is 0.173. The topological polar surface area (TPSA) is 23.5 Å². The Bertz CT molecular complexity index is 386. The van der Waals surface area contributed by atoms with Crippen molar-refractivity contribution < 1.29 is 5.11 Å². The van der Waals surface area contributed by atoms with Crippen LogP contribution in [0.3, 0.4) is 0 Å². The van der Waals surface area contributed by atoms with Gasteiger partial charge in [0.25, 0.3) is 0 Å². The molecule has 1 N–H and O–H groups in total. The molecule has 92 valence electrons. The van der Waals surface area contributed by atoms with Crippen LogP contribution in [0.15, 0.2) is 24.3 Å². The number of benzene rings is 1. The van der Waals surface area contributed by atoms with Crippen LogP contribution in [-0.2, 0) is 0 Å². The highest BCUT2D eigenvalue weighted by Gasteiger charge is 2.37. The van der Waals surface area contributed by atoms with E-state index in [1.807, 2.05) is 6.92 Å². The number of rotatable bonds is 3. The third-order valence-corrected chi connectivity index (χ3v) is 4.41. The van der Waals surface area contributed by atoms with Crippen molar-refractivity contribution in [3.8, 4) is 0 Å². The first-order valence-corrected chi connectivity index (χ1v) is 6.82. The van der Waals surface area contributed by atoms with E-state index in [2.05, 4.69) is 29.2 Å². The molecule has 2 fully saturated rings. The number of hydrogen-bond acceptors (Lipinski definition) is 2. The molecule has 3 rings (SSSR count). The van der Waals surface area contributed by atoms with Gasteiger partial charge in [-0.05, 0) is 49.3 Å². The third-order valence-electron chi connectivity index (χ3n) is 4.41. The summed E-state index contributed by atoms with van der Waals surface area (Å²) >= 11 is 0. The Balaban J connectivity index is 1.76. The van der Waals surface area contributed by atoms with Crippen LogP contribution < -0.4 is 4.90 Å². The molecule has 0 aromatic heterocycles. The van der Waals surface area contributed by atoms with Gasteiger partial charge in [-0.1, -0.05) is 19.1 Å². The summed E-state index contributed by atoms with van der Waals surface area (Å²) in [6.07, 6.45) is 4.66. The van der Waals surface area contributed by atoms with Crippen LogP contribution in [0.25, 0.3) is 0 Å². The van der Waals surface area contributed by atoms with Crippen LogP contribution in [0.1, 0.15) is 44.3 Å². The number of piperidine rings is 1. The molecule has 0 amide bonds. The first-order chi connectivity index (χ1) is 8.28. The van der Waals surface area contributed by atoms with Crippen LogP contribution >= 0.6 is 0 Å². The average Bonchev–Trinajstić information content (AvgIpc) is 3.00. The Morgan fingerprint density at radius 1 is 1.29 bits per heavy atom. The van der Waals surface area contributed by atoms with Gasteiger partial charge in [-0.3, -0.25) is 0 Å². The summed E-state index contributed by atoms with van der Waals surface area (Å²) in [5, 5.41) is 9.78. The van der Waals surface area contributed by atoms with E-state index in [0.717, 1.165) is 23.9 Å². The molecule has 3 atom stereocenters. The Kier molecular flexibility index (Phi) is 2.83. The zero-order valence-electron chi connectivity index (χ0n) is 10.5. The van der Waals surface area contributed by atoms with Crippen molar-refractivity contribution in [2.45, 2.75) is 44.8 Å². The van der Waals surface area contributed by atoms with Crippen molar-refractivity contribution >= 4 is 5.69 Å². The molecule has 1 aromatic carbocycles. The average molecular weight is 231 g/mol. The molecule has 1 aromatic rings. The SMILES string of the molecule is CCC(O)c1ccc(N2CC3CCC2C3)cc1. The van der Waals surface area contributed by atoms with Gasteiger partial charge in [-0.25, -0.2) is 0 Å². The maximum Gasteiger partial charge on any atom is 0.0787 e. The minimum Gasteiger partial charge on any atom is -0.388 e. The molecule has 1 aliphatic carbocycles. The number of nitrogens with zero attached hydrogens (tertiary/aromatic N) is 1. The molecule has 17 heavy (non-hydrogen) atoms. The van der Waals surface area contributed by atoms with E-state index >= 15 is 0 Å². The summed E-state index contributed by atoms with van der Waals surface area (Å²) in [7, 11) is 0. The summed E-state index contributed by atoms with van der Waals surface area (Å²) in [5.41, 5.74) is 2.38. The van der Waals surface area contributed by atoms with E-state index in [4.69, 9.17) is 0 Å². The van der Waals surface area contributed by atoms with Crippen molar-refractivity contribution in [3.05, 3.63) is 29.8 Å². The molecular formula is C15H21NO. The summed E-state index contributed by atoms with van der Waals surface area (Å²) in [6.45, 7) is 3.25. The molecule has 2 aliphatic rings. The molecule has 3 unspecified atom stereocenters. The molecule has 1 aliphatic heterocycles. The fourth-order valence-electron chi connectivity index (χ4n) is 3.36. The van der Waals surface area contributed by atoms with E-state index in [1.165, 1.54) is 31.5 Å². The van der Waals surface area contributed by atoms with Gasteiger partial charge in [0.1, 0.15) is 0 Å². The summed E-state index contributed by atoms with van der Waals surface area (Å²) in [5.74, 6) is 0.931. The Morgan fingerprint density at radius 2 is 2.06 bits per heavy atom. The second kappa shape index (κ2) is 4.34. The zero-order valence-corrected chi connectivity index (χ0v) is 10.5. The van der Waals surface area contributed by atoms with E-state index in [0.29, 0.717) is 0 Å². The lowest BCUT2D eigenvalue weighted by atomic mass is 10.1. The Labute approximate surface area is 103 Å². The van der Waals surface area contributed by atoms with Gasteiger partial charge in [-0.15, -0.1) is 0 Å². The normalized spacial score (nSPS) is 28.7. The van der Waals surface area contributed by atoms with Gasteiger partial charge in [0.2, 0.25) is 0 Å². The number of anilines is 1. The number of hydrogen-bond donors (Lipinski definition) is 1. The molecule has 2 heteroatoms. The zero-order chi connectivity index (χ0) is 11.8. The van der Waals surface area contributed by atoms with Gasteiger partial charge < -0.3 is 10.0 Å². The largest absolute Gasteiger partial charge is 0.388 e. The van der Waals surface area contributed by atoms with Crippen molar-refractivity contribution in [1.29, 1.82) is 0 Å². The molecule has 0 spiro atoms. The third kappa shape index (κ3) is 1.95. The Morgan fingerprint density at radius 3 is 2.59 bits per heavy atom. The molecular weight excluding hydrogens is 210 g/mol. The van der Waals surface area contributed by atoms with Gasteiger partial charge in [0.15, 0.2) is 0 Å². The van der Waals surface area contributed by atoms with E-state index < -0.39 is 0 Å². The predicted molar refractivity (Wildman–Crippen MR) is 70.2 cm³/mol. The fraction of sp³-hybridized carbons (Fsp3) is 0.600. The van der Waals surface area contributed by atoms with Gasteiger partial charge >= 0.3 is 0 Å². The smallest absolute Gasteiger partial charge is 0.0787 e. The van der Waals surface area contributed by atoms with Crippen LogP contribution in [0.2, 0.25) is 0 Å². The lowest BCUT2D eigenvalue weighted by Crippen LogP contribution is -2.31. The second-order valence-electron chi connectivity index (χ2n) is 5.50. The Hall–Kier alpha value is -1.02. The molecule has 0 radical (unpaired) electrons. The van der Waals surface area contributed by atoms with Crippen LogP contribution in [-0.4, -0.2) is 17.7 Å². The van der Waals surface area contributed by atoms with Crippen LogP contribution in [0.5, 0.6) is 0 Å². The maximum atomic E-state index is 9.78. The van der Waals surface area contributed by atoms with E-state index in [1.54, 1.807) is 0 Å². The van der Waals surface area contributed by atoms with Crippen molar-refractivity contribution in [2.24, 2.45) is 5.92 Å². The first kappa shape index (κ1) is 11.1. The molecule has 1 saturated heterocycles. The van der Waals surface area contributed by atoms with Crippen LogP contribution in [0, 0.1) is 5.92 Å². The van der Waals surface area contributed by atoms with Crippen LogP contribution in [0.4, 0.5) is 5.69 Å². The minimum atomic E-state index is -0.306. The van der Waals surface area contributed by atoms with E-state index in [-0.39, 0.29) is 6.10 Å².